The zero-order valence-corrected chi connectivity index (χ0v) is 14.3. The summed E-state index contributed by atoms with van der Waals surface area (Å²) in [6.45, 7) is 1.81. The average Bonchev–Trinajstić information content (AvgIpc) is 3.13. The highest BCUT2D eigenvalue weighted by atomic mass is 16.6. The van der Waals surface area contributed by atoms with Gasteiger partial charge in [-0.1, -0.05) is 18.2 Å². The summed E-state index contributed by atoms with van der Waals surface area (Å²) in [7, 11) is 0. The summed E-state index contributed by atoms with van der Waals surface area (Å²) in [5.74, 6) is -0.0181. The lowest BCUT2D eigenvalue weighted by Crippen LogP contribution is -2.61. The van der Waals surface area contributed by atoms with Crippen LogP contribution >= 0.6 is 0 Å². The molecule has 26 heavy (non-hydrogen) atoms. The first-order valence-electron chi connectivity index (χ1n) is 8.57. The normalized spacial score (nSPS) is 23.9. The molecular formula is C19H20N2O5. The number of amides is 2. The molecule has 2 aliphatic heterocycles. The van der Waals surface area contributed by atoms with E-state index in [4.69, 9.17) is 13.9 Å². The van der Waals surface area contributed by atoms with E-state index < -0.39 is 5.60 Å². The van der Waals surface area contributed by atoms with Gasteiger partial charge in [-0.05, 0) is 24.3 Å². The van der Waals surface area contributed by atoms with Crippen LogP contribution in [0.25, 0.3) is 0 Å². The fourth-order valence-corrected chi connectivity index (χ4v) is 3.38. The van der Waals surface area contributed by atoms with Gasteiger partial charge in [0.25, 0.3) is 11.8 Å². The molecule has 2 amide bonds. The van der Waals surface area contributed by atoms with Gasteiger partial charge < -0.3 is 23.7 Å². The molecule has 2 aliphatic rings. The molecule has 0 saturated carbocycles. The molecule has 4 rings (SSSR count). The van der Waals surface area contributed by atoms with Gasteiger partial charge in [-0.15, -0.1) is 0 Å². The number of carbonyl (C=O) groups is 2. The SMILES string of the molecule is O=C(c1ccco1)N1CCOC[C@]2(C1)CN(c1ccccc1)C(=O)CO2. The standard InChI is InChI=1S/C19H20N2O5/c22-17-11-26-19(13-21(17)15-5-2-1-3-6-15)12-20(8-10-24-14-19)18(23)16-7-4-9-25-16/h1-7,9H,8,10-14H2/t19-/m0/s1. The van der Waals surface area contributed by atoms with Crippen molar-refractivity contribution >= 4 is 17.5 Å². The second kappa shape index (κ2) is 6.93. The van der Waals surface area contributed by atoms with Gasteiger partial charge in [-0.25, -0.2) is 0 Å². The first-order chi connectivity index (χ1) is 12.7. The summed E-state index contributed by atoms with van der Waals surface area (Å²) in [6, 6.07) is 12.8. The highest BCUT2D eigenvalue weighted by Crippen LogP contribution is 2.27. The average molecular weight is 356 g/mol. The van der Waals surface area contributed by atoms with E-state index in [1.807, 2.05) is 30.3 Å². The Morgan fingerprint density at radius 3 is 2.69 bits per heavy atom. The number of para-hydroxylation sites is 1. The highest BCUT2D eigenvalue weighted by molar-refractivity contribution is 5.95. The van der Waals surface area contributed by atoms with E-state index in [-0.39, 0.29) is 24.2 Å². The molecule has 2 saturated heterocycles. The van der Waals surface area contributed by atoms with Crippen LogP contribution in [0, 0.1) is 0 Å². The third-order valence-corrected chi connectivity index (χ3v) is 4.69. The molecule has 136 valence electrons. The number of hydrogen-bond acceptors (Lipinski definition) is 5. The van der Waals surface area contributed by atoms with Crippen LogP contribution in [0.4, 0.5) is 5.69 Å². The van der Waals surface area contributed by atoms with E-state index in [2.05, 4.69) is 0 Å². The minimum absolute atomic E-state index is 0.0406. The molecule has 1 spiro atoms. The number of carbonyl (C=O) groups excluding carboxylic acids is 2. The molecule has 0 bridgehead atoms. The minimum Gasteiger partial charge on any atom is -0.459 e. The van der Waals surface area contributed by atoms with Crippen molar-refractivity contribution in [2.45, 2.75) is 5.60 Å². The highest BCUT2D eigenvalue weighted by Gasteiger charge is 2.44. The van der Waals surface area contributed by atoms with Gasteiger partial charge in [0, 0.05) is 12.2 Å². The Bertz CT molecular complexity index is 776. The number of ether oxygens (including phenoxy) is 2. The maximum absolute atomic E-state index is 12.7. The van der Waals surface area contributed by atoms with Gasteiger partial charge in [0.05, 0.1) is 32.6 Å². The van der Waals surface area contributed by atoms with Gasteiger partial charge in [-0.3, -0.25) is 9.59 Å². The summed E-state index contributed by atoms with van der Waals surface area (Å²) in [5, 5.41) is 0. The van der Waals surface area contributed by atoms with Gasteiger partial charge in [0.15, 0.2) is 5.76 Å². The van der Waals surface area contributed by atoms with E-state index in [0.29, 0.717) is 32.8 Å². The Kier molecular flexibility index (Phi) is 4.48. The Balaban J connectivity index is 1.57. The fourth-order valence-electron chi connectivity index (χ4n) is 3.38. The molecule has 1 atom stereocenters. The Hall–Kier alpha value is -2.64. The minimum atomic E-state index is -0.761. The third kappa shape index (κ3) is 3.23. The third-order valence-electron chi connectivity index (χ3n) is 4.69. The second-order valence-electron chi connectivity index (χ2n) is 6.54. The number of anilines is 1. The van der Waals surface area contributed by atoms with Crippen LogP contribution in [-0.2, 0) is 14.3 Å². The molecule has 1 aromatic carbocycles. The fraction of sp³-hybridized carbons (Fsp3) is 0.368. The van der Waals surface area contributed by atoms with E-state index >= 15 is 0 Å². The van der Waals surface area contributed by atoms with E-state index in [0.717, 1.165) is 5.69 Å². The van der Waals surface area contributed by atoms with Gasteiger partial charge in [-0.2, -0.15) is 0 Å². The summed E-state index contributed by atoms with van der Waals surface area (Å²) >= 11 is 0. The molecule has 2 aromatic rings. The lowest BCUT2D eigenvalue weighted by molar-refractivity contribution is -0.145. The number of hydrogen-bond donors (Lipinski definition) is 0. The lowest BCUT2D eigenvalue weighted by Gasteiger charge is -2.42. The van der Waals surface area contributed by atoms with Crippen molar-refractivity contribution in [1.29, 1.82) is 0 Å². The summed E-state index contributed by atoms with van der Waals surface area (Å²) in [5.41, 5.74) is 0.0519. The Morgan fingerprint density at radius 1 is 1.08 bits per heavy atom. The molecule has 2 fully saturated rings. The quantitative estimate of drug-likeness (QED) is 0.816. The molecule has 0 unspecified atom stereocenters. The van der Waals surface area contributed by atoms with Crippen LogP contribution in [0.1, 0.15) is 10.6 Å². The van der Waals surface area contributed by atoms with Gasteiger partial charge in [0.2, 0.25) is 0 Å². The van der Waals surface area contributed by atoms with Gasteiger partial charge in [0.1, 0.15) is 12.2 Å². The predicted octanol–water partition coefficient (Wildman–Crippen LogP) is 1.55. The molecule has 3 heterocycles. The van der Waals surface area contributed by atoms with Crippen LogP contribution in [-0.4, -0.2) is 61.8 Å². The molecular weight excluding hydrogens is 336 g/mol. The number of benzene rings is 1. The van der Waals surface area contributed by atoms with Crippen molar-refractivity contribution in [3.63, 3.8) is 0 Å². The van der Waals surface area contributed by atoms with E-state index in [1.54, 1.807) is 21.9 Å². The number of rotatable bonds is 2. The summed E-state index contributed by atoms with van der Waals surface area (Å²) < 4.78 is 16.9. The van der Waals surface area contributed by atoms with Crippen molar-refractivity contribution < 1.29 is 23.5 Å². The lowest BCUT2D eigenvalue weighted by atomic mass is 10.0. The van der Waals surface area contributed by atoms with E-state index in [9.17, 15) is 9.59 Å². The molecule has 0 radical (unpaired) electrons. The van der Waals surface area contributed by atoms with E-state index in [1.165, 1.54) is 6.26 Å². The number of nitrogens with zero attached hydrogens (tertiary/aromatic N) is 2. The first kappa shape index (κ1) is 16.8. The zero-order chi connectivity index (χ0) is 18.0. The van der Waals surface area contributed by atoms with Gasteiger partial charge >= 0.3 is 0 Å². The maximum Gasteiger partial charge on any atom is 0.289 e. The summed E-state index contributed by atoms with van der Waals surface area (Å²) in [6.07, 6.45) is 1.48. The maximum atomic E-state index is 12.7. The van der Waals surface area contributed by atoms with Crippen LogP contribution in [0.2, 0.25) is 0 Å². The van der Waals surface area contributed by atoms with Crippen LogP contribution < -0.4 is 4.90 Å². The molecule has 7 nitrogen and oxygen atoms in total. The van der Waals surface area contributed by atoms with Crippen LogP contribution in [0.15, 0.2) is 53.1 Å². The van der Waals surface area contributed by atoms with Crippen LogP contribution in [0.3, 0.4) is 0 Å². The summed E-state index contributed by atoms with van der Waals surface area (Å²) in [4.78, 5) is 28.4. The molecule has 0 aliphatic carbocycles. The van der Waals surface area contributed by atoms with Crippen molar-refractivity contribution in [2.24, 2.45) is 0 Å². The van der Waals surface area contributed by atoms with Crippen molar-refractivity contribution in [1.82, 2.24) is 4.90 Å². The first-order valence-corrected chi connectivity index (χ1v) is 8.57. The Morgan fingerprint density at radius 2 is 1.92 bits per heavy atom. The Labute approximate surface area is 151 Å². The number of morpholine rings is 1. The molecule has 0 N–H and O–H groups in total. The smallest absolute Gasteiger partial charge is 0.289 e. The zero-order valence-electron chi connectivity index (χ0n) is 14.3. The largest absolute Gasteiger partial charge is 0.459 e. The molecule has 7 heteroatoms. The predicted molar refractivity (Wildman–Crippen MR) is 92.9 cm³/mol. The van der Waals surface area contributed by atoms with Crippen molar-refractivity contribution in [3.8, 4) is 0 Å². The number of furan rings is 1. The van der Waals surface area contributed by atoms with Crippen molar-refractivity contribution in [3.05, 3.63) is 54.5 Å². The molecule has 1 aromatic heterocycles. The van der Waals surface area contributed by atoms with Crippen LogP contribution in [0.5, 0.6) is 0 Å². The van der Waals surface area contributed by atoms with Crippen molar-refractivity contribution in [2.75, 3.05) is 44.4 Å². The topological polar surface area (TPSA) is 72.2 Å². The second-order valence-corrected chi connectivity index (χ2v) is 6.54. The monoisotopic (exact) mass is 356 g/mol.